The number of esters is 1. The third-order valence-electron chi connectivity index (χ3n) is 5.58. The highest BCUT2D eigenvalue weighted by molar-refractivity contribution is 7.17. The van der Waals surface area contributed by atoms with Gasteiger partial charge >= 0.3 is 5.97 Å². The Hall–Kier alpha value is -3.72. The lowest BCUT2D eigenvalue weighted by molar-refractivity contribution is -0.143. The summed E-state index contributed by atoms with van der Waals surface area (Å²) >= 11 is 1.27. The fraction of sp³-hybridized carbons (Fsp3) is 0.250. The molecule has 1 aliphatic rings. The Balaban J connectivity index is 1.71. The number of aromatic nitrogens is 4. The minimum atomic E-state index is -0.758. The average molecular weight is 460 g/mol. The first-order valence-electron chi connectivity index (χ1n) is 10.7. The van der Waals surface area contributed by atoms with Crippen LogP contribution in [0.3, 0.4) is 0 Å². The zero-order valence-electron chi connectivity index (χ0n) is 18.2. The van der Waals surface area contributed by atoms with Crippen LogP contribution < -0.4 is 0 Å². The van der Waals surface area contributed by atoms with Crippen LogP contribution in [0.15, 0.2) is 47.8 Å². The van der Waals surface area contributed by atoms with Gasteiger partial charge < -0.3 is 4.74 Å². The molecule has 1 atom stereocenters. The van der Waals surface area contributed by atoms with Crippen LogP contribution in [0, 0.1) is 6.92 Å². The van der Waals surface area contributed by atoms with Crippen LogP contribution in [0.4, 0.5) is 0 Å². The molecule has 1 aliphatic heterocycles. The number of fused-ring (bicyclic) bond motifs is 3. The Bertz CT molecular complexity index is 1390. The number of hydrogen-bond donors (Lipinski definition) is 0. The molecule has 4 heterocycles. The van der Waals surface area contributed by atoms with Gasteiger partial charge in [0, 0.05) is 36.2 Å². The van der Waals surface area contributed by atoms with Crippen molar-refractivity contribution in [1.29, 1.82) is 0 Å². The molecule has 0 saturated carbocycles. The summed E-state index contributed by atoms with van der Waals surface area (Å²) < 4.78 is 6.98. The van der Waals surface area contributed by atoms with Crippen molar-refractivity contribution in [3.8, 4) is 10.7 Å². The normalized spacial score (nSPS) is 15.3. The van der Waals surface area contributed by atoms with Crippen molar-refractivity contribution in [2.75, 3.05) is 13.2 Å². The van der Waals surface area contributed by atoms with Crippen molar-refractivity contribution in [2.24, 2.45) is 4.99 Å². The number of hydrogen-bond acceptors (Lipinski definition) is 8. The second-order valence-electron chi connectivity index (χ2n) is 7.58. The summed E-state index contributed by atoms with van der Waals surface area (Å²) in [6.45, 7) is 4.36. The second-order valence-corrected chi connectivity index (χ2v) is 8.58. The number of rotatable bonds is 4. The van der Waals surface area contributed by atoms with Gasteiger partial charge in [-0.2, -0.15) is 0 Å². The highest BCUT2D eigenvalue weighted by Gasteiger charge is 2.34. The van der Waals surface area contributed by atoms with Gasteiger partial charge in [-0.25, -0.2) is 4.98 Å². The lowest BCUT2D eigenvalue weighted by atomic mass is 10.00. The summed E-state index contributed by atoms with van der Waals surface area (Å²) in [7, 11) is 0. The first-order chi connectivity index (χ1) is 16.1. The Morgan fingerprint density at radius 3 is 2.88 bits per heavy atom. The molecule has 1 aromatic carbocycles. The zero-order chi connectivity index (χ0) is 22.9. The topological polar surface area (TPSA) is 99.3 Å². The van der Waals surface area contributed by atoms with Gasteiger partial charge in [0.15, 0.2) is 0 Å². The molecule has 0 bridgehead atoms. The van der Waals surface area contributed by atoms with Crippen molar-refractivity contribution in [1.82, 2.24) is 19.5 Å². The van der Waals surface area contributed by atoms with E-state index in [1.807, 2.05) is 24.3 Å². The van der Waals surface area contributed by atoms with Crippen LogP contribution in [0.25, 0.3) is 21.6 Å². The third-order valence-corrected chi connectivity index (χ3v) is 6.74. The maximum atomic E-state index is 14.0. The molecule has 0 N–H and O–H groups in total. The highest BCUT2D eigenvalue weighted by atomic mass is 32.1. The second kappa shape index (κ2) is 8.67. The Morgan fingerprint density at radius 1 is 1.24 bits per heavy atom. The molecule has 8 nitrogen and oxygen atoms in total. The first-order valence-corrected chi connectivity index (χ1v) is 11.5. The van der Waals surface area contributed by atoms with E-state index in [0.717, 1.165) is 16.5 Å². The van der Waals surface area contributed by atoms with E-state index in [9.17, 15) is 9.59 Å². The van der Waals surface area contributed by atoms with Crippen LogP contribution in [0.5, 0.6) is 0 Å². The predicted molar refractivity (Wildman–Crippen MR) is 126 cm³/mol. The molecular weight excluding hydrogens is 438 g/mol. The van der Waals surface area contributed by atoms with Crippen LogP contribution in [0.1, 0.15) is 39.5 Å². The van der Waals surface area contributed by atoms with Crippen LogP contribution >= 0.6 is 11.3 Å². The van der Waals surface area contributed by atoms with E-state index < -0.39 is 11.9 Å². The number of aliphatic imine (C=N–C) groups is 1. The fourth-order valence-electron chi connectivity index (χ4n) is 4.18. The highest BCUT2D eigenvalue weighted by Crippen LogP contribution is 2.36. The van der Waals surface area contributed by atoms with Gasteiger partial charge in [0.1, 0.15) is 21.5 Å². The van der Waals surface area contributed by atoms with E-state index in [-0.39, 0.29) is 12.5 Å². The van der Waals surface area contributed by atoms with E-state index in [0.29, 0.717) is 39.9 Å². The fourth-order valence-corrected chi connectivity index (χ4v) is 5.14. The lowest BCUT2D eigenvalue weighted by Crippen LogP contribution is -2.24. The zero-order valence-corrected chi connectivity index (χ0v) is 19.0. The molecule has 9 heteroatoms. The van der Waals surface area contributed by atoms with E-state index in [4.69, 9.17) is 4.74 Å². The van der Waals surface area contributed by atoms with Crippen molar-refractivity contribution >= 4 is 40.3 Å². The molecule has 0 radical (unpaired) electrons. The Kier molecular flexibility index (Phi) is 5.55. The number of ether oxygens (including phenoxy) is 1. The summed E-state index contributed by atoms with van der Waals surface area (Å²) in [6.07, 6.45) is 7.05. The molecule has 1 unspecified atom stereocenters. The standard InChI is InChI=1S/C24H21N5O3S/c1-3-32-24(31)17-12-25-9-8-16-15-6-4-5-7-19(15)29(20(16)17)23(30)21-14(2)28-22(33-21)18-13-26-10-11-27-18/h4-7,10-13,17H,3,8-9H2,1-2H3. The van der Waals surface area contributed by atoms with E-state index in [1.54, 1.807) is 43.2 Å². The van der Waals surface area contributed by atoms with Crippen LogP contribution in [0.2, 0.25) is 0 Å². The van der Waals surface area contributed by atoms with E-state index >= 15 is 0 Å². The molecule has 0 saturated heterocycles. The van der Waals surface area contributed by atoms with Gasteiger partial charge in [0.05, 0.1) is 24.0 Å². The molecule has 0 amide bonds. The van der Waals surface area contributed by atoms with Gasteiger partial charge in [-0.1, -0.05) is 18.2 Å². The first kappa shape index (κ1) is 21.1. The number of carbonyl (C=O) groups excluding carboxylic acids is 2. The quantitative estimate of drug-likeness (QED) is 0.430. The van der Waals surface area contributed by atoms with Gasteiger partial charge in [-0.05, 0) is 31.9 Å². The monoisotopic (exact) mass is 459 g/mol. The molecule has 166 valence electrons. The van der Waals surface area contributed by atoms with Gasteiger partial charge in [-0.15, -0.1) is 11.3 Å². The molecule has 0 spiro atoms. The molecule has 0 aliphatic carbocycles. The number of carbonyl (C=O) groups is 2. The Labute approximate surface area is 194 Å². The van der Waals surface area contributed by atoms with Crippen molar-refractivity contribution in [2.45, 2.75) is 26.2 Å². The largest absolute Gasteiger partial charge is 0.465 e. The van der Waals surface area contributed by atoms with Crippen LogP contribution in [-0.4, -0.2) is 50.8 Å². The third kappa shape index (κ3) is 3.64. The Morgan fingerprint density at radius 2 is 2.09 bits per heavy atom. The summed E-state index contributed by atoms with van der Waals surface area (Å²) in [5.74, 6) is -1.41. The molecule has 4 aromatic rings. The van der Waals surface area contributed by atoms with E-state index in [1.165, 1.54) is 11.3 Å². The summed E-state index contributed by atoms with van der Waals surface area (Å²) in [4.78, 5) is 44.8. The summed E-state index contributed by atoms with van der Waals surface area (Å²) in [6, 6.07) is 7.72. The lowest BCUT2D eigenvalue weighted by Gasteiger charge is -2.15. The maximum Gasteiger partial charge on any atom is 0.320 e. The molecule has 5 rings (SSSR count). The predicted octanol–water partition coefficient (Wildman–Crippen LogP) is 3.83. The number of nitrogens with zero attached hydrogens (tertiary/aromatic N) is 5. The number of aryl methyl sites for hydroxylation is 1. The van der Waals surface area contributed by atoms with Crippen molar-refractivity contribution < 1.29 is 14.3 Å². The molecule has 3 aromatic heterocycles. The van der Waals surface area contributed by atoms with Gasteiger partial charge in [0.2, 0.25) is 0 Å². The summed E-state index contributed by atoms with van der Waals surface area (Å²) in [5, 5.41) is 1.56. The van der Waals surface area contributed by atoms with E-state index in [2.05, 4.69) is 19.9 Å². The molecule has 0 fully saturated rings. The molecular formula is C24H21N5O3S. The number of benzene rings is 1. The molecule has 33 heavy (non-hydrogen) atoms. The number of thiazole rings is 1. The summed E-state index contributed by atoms with van der Waals surface area (Å²) in [5.41, 5.74) is 3.54. The van der Waals surface area contributed by atoms with Gasteiger partial charge in [-0.3, -0.25) is 29.1 Å². The maximum absolute atomic E-state index is 14.0. The average Bonchev–Trinajstić information content (AvgIpc) is 3.29. The van der Waals surface area contributed by atoms with Crippen molar-refractivity contribution in [3.05, 3.63) is 64.7 Å². The number of para-hydroxylation sites is 1. The minimum Gasteiger partial charge on any atom is -0.465 e. The van der Waals surface area contributed by atoms with Crippen LogP contribution in [-0.2, 0) is 16.0 Å². The smallest absolute Gasteiger partial charge is 0.320 e. The van der Waals surface area contributed by atoms with Crippen molar-refractivity contribution in [3.63, 3.8) is 0 Å². The van der Waals surface area contributed by atoms with Gasteiger partial charge in [0.25, 0.3) is 5.91 Å². The minimum absolute atomic E-state index is 0.234. The SMILES string of the molecule is CCOC(=O)C1C=NCCc2c1n(C(=O)c1sc(-c3cnccn3)nc1C)c1ccccc21.